The summed E-state index contributed by atoms with van der Waals surface area (Å²) in [6.45, 7) is 2.65. The van der Waals surface area contributed by atoms with Gasteiger partial charge in [0.15, 0.2) is 0 Å². The van der Waals surface area contributed by atoms with Crippen LogP contribution in [0, 0.1) is 0 Å². The molecular weight excluding hydrogens is 208 g/mol. The van der Waals surface area contributed by atoms with Gasteiger partial charge in [0.2, 0.25) is 0 Å². The normalized spacial score (nSPS) is 17.7. The average Bonchev–Trinajstić information content (AvgIpc) is 2.61. The molecule has 0 saturated carbocycles. The van der Waals surface area contributed by atoms with Gasteiger partial charge in [0.05, 0.1) is 19.6 Å². The van der Waals surface area contributed by atoms with Gasteiger partial charge in [0.25, 0.3) is 0 Å². The monoisotopic (exact) mass is 222 g/mol. The molecule has 1 aliphatic heterocycles. The molecule has 0 aromatic heterocycles. The highest BCUT2D eigenvalue weighted by Gasteiger charge is 2.26. The van der Waals surface area contributed by atoms with Crippen LogP contribution in [0.1, 0.15) is 24.8 Å². The third kappa shape index (κ3) is 2.10. The maximum absolute atomic E-state index is 11.3. The van der Waals surface area contributed by atoms with Gasteiger partial charge in [-0.3, -0.25) is 4.79 Å². The van der Waals surface area contributed by atoms with Gasteiger partial charge in [0.1, 0.15) is 11.5 Å². The molecule has 1 N–H and O–H groups in total. The topological polar surface area (TPSA) is 55.8 Å². The standard InChI is InChI=1S/C12H14O4/c1-2-15-12(14)5-8-7-16-11-6-9(13)3-4-10(8)11/h3-4,6,8,13H,2,5,7H2,1H3/t8-/m0/s1. The van der Waals surface area contributed by atoms with Crippen LogP contribution in [0.15, 0.2) is 18.2 Å². The third-order valence-electron chi connectivity index (χ3n) is 2.60. The molecule has 1 heterocycles. The molecule has 0 unspecified atom stereocenters. The predicted molar refractivity (Wildman–Crippen MR) is 57.6 cm³/mol. The summed E-state index contributed by atoms with van der Waals surface area (Å²) in [6, 6.07) is 4.97. The maximum atomic E-state index is 11.3. The van der Waals surface area contributed by atoms with Crippen molar-refractivity contribution >= 4 is 5.97 Å². The van der Waals surface area contributed by atoms with Crippen molar-refractivity contribution in [2.75, 3.05) is 13.2 Å². The highest BCUT2D eigenvalue weighted by Crippen LogP contribution is 2.37. The quantitative estimate of drug-likeness (QED) is 0.792. The van der Waals surface area contributed by atoms with Gasteiger partial charge in [0, 0.05) is 17.5 Å². The number of phenolic OH excluding ortho intramolecular Hbond substituents is 1. The number of hydrogen-bond donors (Lipinski definition) is 1. The number of aromatic hydroxyl groups is 1. The Labute approximate surface area is 93.8 Å². The lowest BCUT2D eigenvalue weighted by Crippen LogP contribution is -2.11. The summed E-state index contributed by atoms with van der Waals surface area (Å²) < 4.78 is 10.3. The van der Waals surface area contributed by atoms with E-state index in [0.717, 1.165) is 5.56 Å². The first-order valence-electron chi connectivity index (χ1n) is 5.32. The number of rotatable bonds is 3. The van der Waals surface area contributed by atoms with Gasteiger partial charge >= 0.3 is 5.97 Å². The van der Waals surface area contributed by atoms with Gasteiger partial charge < -0.3 is 14.6 Å². The van der Waals surface area contributed by atoms with Crippen molar-refractivity contribution in [1.29, 1.82) is 0 Å². The van der Waals surface area contributed by atoms with E-state index in [9.17, 15) is 9.90 Å². The minimum Gasteiger partial charge on any atom is -0.508 e. The predicted octanol–water partition coefficient (Wildman–Crippen LogP) is 1.82. The zero-order valence-electron chi connectivity index (χ0n) is 9.10. The van der Waals surface area contributed by atoms with E-state index in [1.54, 1.807) is 25.1 Å². The highest BCUT2D eigenvalue weighted by molar-refractivity contribution is 5.71. The number of benzene rings is 1. The molecule has 0 aliphatic carbocycles. The van der Waals surface area contributed by atoms with Crippen molar-refractivity contribution in [3.8, 4) is 11.5 Å². The lowest BCUT2D eigenvalue weighted by Gasteiger charge is -2.07. The third-order valence-corrected chi connectivity index (χ3v) is 2.60. The maximum Gasteiger partial charge on any atom is 0.306 e. The molecule has 1 aliphatic rings. The molecule has 4 nitrogen and oxygen atoms in total. The van der Waals surface area contributed by atoms with Crippen LogP contribution in [0.5, 0.6) is 11.5 Å². The fourth-order valence-electron chi connectivity index (χ4n) is 1.86. The minimum absolute atomic E-state index is 0.0367. The number of carbonyl (C=O) groups is 1. The minimum atomic E-state index is -0.211. The lowest BCUT2D eigenvalue weighted by atomic mass is 9.98. The molecule has 1 atom stereocenters. The molecule has 0 saturated heterocycles. The number of hydrogen-bond acceptors (Lipinski definition) is 4. The summed E-state index contributed by atoms with van der Waals surface area (Å²) in [5.41, 5.74) is 0.964. The summed E-state index contributed by atoms with van der Waals surface area (Å²) in [7, 11) is 0. The second-order valence-electron chi connectivity index (χ2n) is 3.74. The fourth-order valence-corrected chi connectivity index (χ4v) is 1.86. The Hall–Kier alpha value is -1.71. The molecule has 4 heteroatoms. The van der Waals surface area contributed by atoms with Gasteiger partial charge in [-0.05, 0) is 13.0 Å². The number of ether oxygens (including phenoxy) is 2. The number of carbonyl (C=O) groups excluding carboxylic acids is 1. The van der Waals surface area contributed by atoms with Crippen LogP contribution < -0.4 is 4.74 Å². The molecule has 1 aromatic carbocycles. The van der Waals surface area contributed by atoms with Crippen molar-refractivity contribution in [1.82, 2.24) is 0 Å². The average molecular weight is 222 g/mol. The second-order valence-corrected chi connectivity index (χ2v) is 3.74. The Morgan fingerprint density at radius 3 is 3.19 bits per heavy atom. The zero-order chi connectivity index (χ0) is 11.5. The highest BCUT2D eigenvalue weighted by atomic mass is 16.5. The number of esters is 1. The molecule has 0 amide bonds. The van der Waals surface area contributed by atoms with Gasteiger partial charge in [-0.2, -0.15) is 0 Å². The van der Waals surface area contributed by atoms with E-state index in [4.69, 9.17) is 9.47 Å². The van der Waals surface area contributed by atoms with Crippen molar-refractivity contribution in [2.24, 2.45) is 0 Å². The molecular formula is C12H14O4. The van der Waals surface area contributed by atoms with Crippen molar-refractivity contribution in [3.63, 3.8) is 0 Å². The van der Waals surface area contributed by atoms with Crippen LogP contribution in [-0.2, 0) is 9.53 Å². The Balaban J connectivity index is 2.09. The van der Waals surface area contributed by atoms with Crippen LogP contribution in [-0.4, -0.2) is 24.3 Å². The van der Waals surface area contributed by atoms with Crippen LogP contribution in [0.3, 0.4) is 0 Å². The zero-order valence-corrected chi connectivity index (χ0v) is 9.10. The van der Waals surface area contributed by atoms with Gasteiger partial charge in [-0.25, -0.2) is 0 Å². The van der Waals surface area contributed by atoms with Crippen LogP contribution >= 0.6 is 0 Å². The van der Waals surface area contributed by atoms with Gasteiger partial charge in [-0.1, -0.05) is 6.07 Å². The summed E-state index contributed by atoms with van der Waals surface area (Å²) in [6.07, 6.45) is 0.325. The first-order valence-corrected chi connectivity index (χ1v) is 5.32. The molecule has 0 fully saturated rings. The van der Waals surface area contributed by atoms with Crippen LogP contribution in [0.25, 0.3) is 0 Å². The molecule has 2 rings (SSSR count). The molecule has 0 spiro atoms. The summed E-state index contributed by atoms with van der Waals surface area (Å²) in [4.78, 5) is 11.3. The Morgan fingerprint density at radius 2 is 2.44 bits per heavy atom. The number of phenols is 1. The van der Waals surface area contributed by atoms with E-state index in [-0.39, 0.29) is 17.6 Å². The first kappa shape index (κ1) is 10.8. The smallest absolute Gasteiger partial charge is 0.306 e. The molecule has 16 heavy (non-hydrogen) atoms. The van der Waals surface area contributed by atoms with Crippen molar-refractivity contribution in [2.45, 2.75) is 19.3 Å². The van der Waals surface area contributed by atoms with E-state index in [0.29, 0.717) is 25.4 Å². The largest absolute Gasteiger partial charge is 0.508 e. The Morgan fingerprint density at radius 1 is 1.62 bits per heavy atom. The van der Waals surface area contributed by atoms with Gasteiger partial charge in [-0.15, -0.1) is 0 Å². The molecule has 86 valence electrons. The molecule has 0 bridgehead atoms. The fraction of sp³-hybridized carbons (Fsp3) is 0.417. The molecule has 1 aromatic rings. The lowest BCUT2D eigenvalue weighted by molar-refractivity contribution is -0.143. The number of fused-ring (bicyclic) bond motifs is 1. The van der Waals surface area contributed by atoms with E-state index in [1.807, 2.05) is 0 Å². The second kappa shape index (κ2) is 4.43. The Kier molecular flexibility index (Phi) is 2.99. The first-order chi connectivity index (χ1) is 7.70. The van der Waals surface area contributed by atoms with Crippen LogP contribution in [0.2, 0.25) is 0 Å². The summed E-state index contributed by atoms with van der Waals surface area (Å²) in [5, 5.41) is 9.28. The van der Waals surface area contributed by atoms with Crippen molar-refractivity contribution < 1.29 is 19.4 Å². The van der Waals surface area contributed by atoms with E-state index < -0.39 is 0 Å². The summed E-state index contributed by atoms with van der Waals surface area (Å²) in [5.74, 6) is 0.663. The van der Waals surface area contributed by atoms with E-state index >= 15 is 0 Å². The van der Waals surface area contributed by atoms with E-state index in [2.05, 4.69) is 0 Å². The Bertz CT molecular complexity index is 400. The van der Waals surface area contributed by atoms with Crippen LogP contribution in [0.4, 0.5) is 0 Å². The SMILES string of the molecule is CCOC(=O)C[C@H]1COc2cc(O)ccc21. The van der Waals surface area contributed by atoms with E-state index in [1.165, 1.54) is 0 Å². The van der Waals surface area contributed by atoms with Crippen molar-refractivity contribution in [3.05, 3.63) is 23.8 Å². The summed E-state index contributed by atoms with van der Waals surface area (Å²) >= 11 is 0. The molecule has 0 radical (unpaired) electrons.